The molecule has 2 rings (SSSR count). The van der Waals surface area contributed by atoms with E-state index in [0.29, 0.717) is 5.69 Å². The van der Waals surface area contributed by atoms with Crippen molar-refractivity contribution in [1.29, 1.82) is 0 Å². The van der Waals surface area contributed by atoms with Crippen LogP contribution in [0.4, 0.5) is 5.69 Å². The second kappa shape index (κ2) is 4.68. The third-order valence-electron chi connectivity index (χ3n) is 1.84. The zero-order valence-corrected chi connectivity index (χ0v) is 10.3. The SMILES string of the molecule is Nc1cncc(Br)c1Sc1ccccc1. The molecule has 2 nitrogen and oxygen atoms in total. The first-order chi connectivity index (χ1) is 7.27. The van der Waals surface area contributed by atoms with Gasteiger partial charge in [-0.05, 0) is 28.1 Å². The van der Waals surface area contributed by atoms with Crippen molar-refractivity contribution in [2.45, 2.75) is 9.79 Å². The molecule has 2 N–H and O–H groups in total. The van der Waals surface area contributed by atoms with Crippen LogP contribution in [0.25, 0.3) is 0 Å². The fourth-order valence-electron chi connectivity index (χ4n) is 1.15. The van der Waals surface area contributed by atoms with Gasteiger partial charge in [0.25, 0.3) is 0 Å². The average molecular weight is 281 g/mol. The number of hydrogen-bond donors (Lipinski definition) is 1. The summed E-state index contributed by atoms with van der Waals surface area (Å²) in [6.07, 6.45) is 3.41. The highest BCUT2D eigenvalue weighted by Gasteiger charge is 2.06. The summed E-state index contributed by atoms with van der Waals surface area (Å²) in [4.78, 5) is 6.17. The minimum absolute atomic E-state index is 0.693. The van der Waals surface area contributed by atoms with E-state index >= 15 is 0 Å². The highest BCUT2D eigenvalue weighted by Crippen LogP contribution is 2.36. The first kappa shape index (κ1) is 10.5. The van der Waals surface area contributed by atoms with E-state index in [9.17, 15) is 0 Å². The predicted molar refractivity (Wildman–Crippen MR) is 66.9 cm³/mol. The van der Waals surface area contributed by atoms with Crippen LogP contribution in [0.1, 0.15) is 0 Å². The van der Waals surface area contributed by atoms with Crippen molar-refractivity contribution in [2.24, 2.45) is 0 Å². The summed E-state index contributed by atoms with van der Waals surface area (Å²) >= 11 is 5.07. The fourth-order valence-corrected chi connectivity index (χ4v) is 2.59. The summed E-state index contributed by atoms with van der Waals surface area (Å²) in [6, 6.07) is 10.1. The molecule has 2 aromatic rings. The summed E-state index contributed by atoms with van der Waals surface area (Å²) in [5.74, 6) is 0. The van der Waals surface area contributed by atoms with Crippen LogP contribution >= 0.6 is 27.7 Å². The Bertz CT molecular complexity index is 439. The third kappa shape index (κ3) is 2.52. The van der Waals surface area contributed by atoms with E-state index in [4.69, 9.17) is 5.73 Å². The molecule has 1 heterocycles. The van der Waals surface area contributed by atoms with Gasteiger partial charge in [0.2, 0.25) is 0 Å². The van der Waals surface area contributed by atoms with Gasteiger partial charge >= 0.3 is 0 Å². The molecule has 1 aromatic heterocycles. The Labute approximate surface area is 101 Å². The lowest BCUT2D eigenvalue weighted by molar-refractivity contribution is 1.24. The molecule has 0 saturated carbocycles. The monoisotopic (exact) mass is 280 g/mol. The molecule has 4 heteroatoms. The van der Waals surface area contributed by atoms with E-state index in [0.717, 1.165) is 14.3 Å². The number of nitrogen functional groups attached to an aromatic ring is 1. The van der Waals surface area contributed by atoms with Gasteiger partial charge in [0.05, 0.1) is 21.3 Å². The summed E-state index contributed by atoms with van der Waals surface area (Å²) in [6.45, 7) is 0. The Morgan fingerprint density at radius 3 is 2.53 bits per heavy atom. The lowest BCUT2D eigenvalue weighted by Gasteiger charge is -2.06. The lowest BCUT2D eigenvalue weighted by Crippen LogP contribution is -1.90. The van der Waals surface area contributed by atoms with Gasteiger partial charge in [-0.15, -0.1) is 0 Å². The van der Waals surface area contributed by atoms with Crippen molar-refractivity contribution >= 4 is 33.4 Å². The van der Waals surface area contributed by atoms with Crippen molar-refractivity contribution in [3.63, 3.8) is 0 Å². The molecule has 0 aliphatic rings. The maximum absolute atomic E-state index is 5.86. The van der Waals surface area contributed by atoms with E-state index in [1.807, 2.05) is 18.2 Å². The molecule has 0 amide bonds. The van der Waals surface area contributed by atoms with Gasteiger partial charge in [0, 0.05) is 11.1 Å². The van der Waals surface area contributed by atoms with Gasteiger partial charge in [-0.3, -0.25) is 4.98 Å². The third-order valence-corrected chi connectivity index (χ3v) is 3.88. The Balaban J connectivity index is 2.32. The van der Waals surface area contributed by atoms with E-state index in [1.54, 1.807) is 24.2 Å². The minimum atomic E-state index is 0.693. The second-order valence-corrected chi connectivity index (χ2v) is 4.89. The van der Waals surface area contributed by atoms with Gasteiger partial charge in [-0.25, -0.2) is 0 Å². The molecule has 0 atom stereocenters. The van der Waals surface area contributed by atoms with Crippen LogP contribution in [0, 0.1) is 0 Å². The van der Waals surface area contributed by atoms with Crippen LogP contribution < -0.4 is 5.73 Å². The number of nitrogens with two attached hydrogens (primary N) is 1. The minimum Gasteiger partial charge on any atom is -0.397 e. The number of anilines is 1. The number of benzene rings is 1. The Morgan fingerprint density at radius 2 is 1.87 bits per heavy atom. The maximum atomic E-state index is 5.86. The van der Waals surface area contributed by atoms with Crippen LogP contribution in [-0.2, 0) is 0 Å². The molecule has 0 radical (unpaired) electrons. The van der Waals surface area contributed by atoms with Gasteiger partial charge in [-0.1, -0.05) is 30.0 Å². The van der Waals surface area contributed by atoms with Gasteiger partial charge in [0.15, 0.2) is 0 Å². The van der Waals surface area contributed by atoms with Crippen LogP contribution in [-0.4, -0.2) is 4.98 Å². The average Bonchev–Trinajstić information content (AvgIpc) is 2.25. The smallest absolute Gasteiger partial charge is 0.0653 e. The number of aromatic nitrogens is 1. The standard InChI is InChI=1S/C11H9BrN2S/c12-9-6-14-7-10(13)11(9)15-8-4-2-1-3-5-8/h1-7H,13H2. The second-order valence-electron chi connectivity index (χ2n) is 2.95. The maximum Gasteiger partial charge on any atom is 0.0653 e. The zero-order chi connectivity index (χ0) is 10.7. The quantitative estimate of drug-likeness (QED) is 0.914. The number of pyridine rings is 1. The molecule has 0 unspecified atom stereocenters. The predicted octanol–water partition coefficient (Wildman–Crippen LogP) is 3.58. The molecule has 0 bridgehead atoms. The Kier molecular flexibility index (Phi) is 3.28. The first-order valence-corrected chi connectivity index (χ1v) is 6.00. The van der Waals surface area contributed by atoms with Crippen LogP contribution in [0.15, 0.2) is 57.0 Å². The van der Waals surface area contributed by atoms with Crippen molar-refractivity contribution in [2.75, 3.05) is 5.73 Å². The molecule has 76 valence electrons. The topological polar surface area (TPSA) is 38.9 Å². The molecular weight excluding hydrogens is 272 g/mol. The number of halogens is 1. The summed E-state index contributed by atoms with van der Waals surface area (Å²) in [7, 11) is 0. The van der Waals surface area contributed by atoms with Crippen LogP contribution in [0.5, 0.6) is 0 Å². The highest BCUT2D eigenvalue weighted by atomic mass is 79.9. The zero-order valence-electron chi connectivity index (χ0n) is 7.85. The summed E-state index contributed by atoms with van der Waals surface area (Å²) in [5.41, 5.74) is 6.55. The summed E-state index contributed by atoms with van der Waals surface area (Å²) in [5, 5.41) is 0. The van der Waals surface area contributed by atoms with Crippen LogP contribution in [0.2, 0.25) is 0 Å². The van der Waals surface area contributed by atoms with E-state index < -0.39 is 0 Å². The van der Waals surface area contributed by atoms with E-state index in [2.05, 4.69) is 33.0 Å². The van der Waals surface area contributed by atoms with Gasteiger partial charge < -0.3 is 5.73 Å². The molecule has 1 aromatic carbocycles. The first-order valence-electron chi connectivity index (χ1n) is 4.39. The van der Waals surface area contributed by atoms with Crippen molar-refractivity contribution < 1.29 is 0 Å². The molecule has 0 spiro atoms. The number of rotatable bonds is 2. The molecule has 0 aliphatic heterocycles. The van der Waals surface area contributed by atoms with Crippen molar-refractivity contribution in [3.8, 4) is 0 Å². The molecular formula is C11H9BrN2S. The Hall–Kier alpha value is -1.00. The van der Waals surface area contributed by atoms with Crippen molar-refractivity contribution in [1.82, 2.24) is 4.98 Å². The van der Waals surface area contributed by atoms with Gasteiger partial charge in [0.1, 0.15) is 0 Å². The van der Waals surface area contributed by atoms with E-state index in [-0.39, 0.29) is 0 Å². The van der Waals surface area contributed by atoms with Crippen molar-refractivity contribution in [3.05, 3.63) is 47.2 Å². The molecule has 15 heavy (non-hydrogen) atoms. The Morgan fingerprint density at radius 1 is 1.13 bits per heavy atom. The molecule has 0 saturated heterocycles. The number of nitrogens with zero attached hydrogens (tertiary/aromatic N) is 1. The normalized spacial score (nSPS) is 10.2. The highest BCUT2D eigenvalue weighted by molar-refractivity contribution is 9.10. The fraction of sp³-hybridized carbons (Fsp3) is 0. The summed E-state index contributed by atoms with van der Waals surface area (Å²) < 4.78 is 0.927. The van der Waals surface area contributed by atoms with Crippen LogP contribution in [0.3, 0.4) is 0 Å². The molecule has 0 aliphatic carbocycles. The van der Waals surface area contributed by atoms with E-state index in [1.165, 1.54) is 0 Å². The lowest BCUT2D eigenvalue weighted by atomic mass is 10.4. The molecule has 0 fully saturated rings. The largest absolute Gasteiger partial charge is 0.397 e. The number of hydrogen-bond acceptors (Lipinski definition) is 3. The van der Waals surface area contributed by atoms with Gasteiger partial charge in [-0.2, -0.15) is 0 Å².